The standard InChI is InChI=1S/C45H29N3/c1-3-12-31(13-4-1)40-22-10-18-32-19-11-23-41(42(32)40)45-47-43(33-15-5-2-6-16-33)46-44(48-45)37-27-25-34-28-36(26-24-35(34)29-37)39-21-9-17-30-14-7-8-20-38(30)39/h1-29H/i7D,8D,9D,14D,17D,20D,21D. The number of benzene rings is 8. The Labute approximate surface area is 288 Å². The number of hydrogen-bond acceptors (Lipinski definition) is 3. The molecule has 224 valence electrons. The number of fused-ring (bicyclic) bond motifs is 3. The second kappa shape index (κ2) is 11.7. The van der Waals surface area contributed by atoms with E-state index in [0.29, 0.717) is 23.0 Å². The zero-order valence-electron chi connectivity index (χ0n) is 32.5. The van der Waals surface area contributed by atoms with Gasteiger partial charge in [0.1, 0.15) is 0 Å². The van der Waals surface area contributed by atoms with Crippen LogP contribution in [0.2, 0.25) is 0 Å². The summed E-state index contributed by atoms with van der Waals surface area (Å²) < 4.78 is 59.5. The van der Waals surface area contributed by atoms with E-state index in [1.54, 1.807) is 6.07 Å². The summed E-state index contributed by atoms with van der Waals surface area (Å²) >= 11 is 0. The molecule has 1 aromatic heterocycles. The molecule has 0 aliphatic rings. The van der Waals surface area contributed by atoms with E-state index in [1.807, 2.05) is 91.0 Å². The number of aromatic nitrogens is 3. The van der Waals surface area contributed by atoms with Crippen LogP contribution in [0, 0.1) is 0 Å². The molecular formula is C45H29N3. The van der Waals surface area contributed by atoms with E-state index in [-0.39, 0.29) is 28.4 Å². The van der Waals surface area contributed by atoms with Gasteiger partial charge in [-0.2, -0.15) is 0 Å². The van der Waals surface area contributed by atoms with Crippen LogP contribution < -0.4 is 0 Å². The number of rotatable bonds is 5. The van der Waals surface area contributed by atoms with Crippen LogP contribution >= 0.6 is 0 Å². The molecule has 0 amide bonds. The predicted molar refractivity (Wildman–Crippen MR) is 200 cm³/mol. The topological polar surface area (TPSA) is 38.7 Å². The molecule has 0 spiro atoms. The zero-order chi connectivity index (χ0) is 38.0. The van der Waals surface area contributed by atoms with E-state index in [0.717, 1.165) is 49.4 Å². The monoisotopic (exact) mass is 618 g/mol. The molecular weight excluding hydrogens is 583 g/mol. The summed E-state index contributed by atoms with van der Waals surface area (Å²) in [6.45, 7) is 0. The van der Waals surface area contributed by atoms with Crippen LogP contribution in [-0.2, 0) is 0 Å². The van der Waals surface area contributed by atoms with Crippen LogP contribution in [0.3, 0.4) is 0 Å². The van der Waals surface area contributed by atoms with Crippen molar-refractivity contribution < 1.29 is 9.60 Å². The second-order valence-electron chi connectivity index (χ2n) is 11.5. The van der Waals surface area contributed by atoms with E-state index >= 15 is 0 Å². The average molecular weight is 619 g/mol. The fourth-order valence-corrected chi connectivity index (χ4v) is 6.30. The van der Waals surface area contributed by atoms with Gasteiger partial charge in [-0.25, -0.2) is 15.0 Å². The summed E-state index contributed by atoms with van der Waals surface area (Å²) in [5.74, 6) is 1.56. The SMILES string of the molecule is [2H]c1c([2H])c([2H])c2c(-c3ccc4cc(-c5nc(-c6ccccc6)nc(-c6cccc7cccc(-c8ccccc8)c67)n5)ccc4c3)c([2H])c([2H])c([2H])c2c1[2H]. The van der Waals surface area contributed by atoms with Crippen LogP contribution in [0.15, 0.2) is 176 Å². The van der Waals surface area contributed by atoms with Gasteiger partial charge in [0.2, 0.25) is 0 Å². The van der Waals surface area contributed by atoms with E-state index in [4.69, 9.17) is 24.5 Å². The van der Waals surface area contributed by atoms with Gasteiger partial charge in [-0.05, 0) is 61.3 Å². The lowest BCUT2D eigenvalue weighted by molar-refractivity contribution is 1.08. The summed E-state index contributed by atoms with van der Waals surface area (Å²) in [5, 5.41) is 3.75. The van der Waals surface area contributed by atoms with Gasteiger partial charge in [0, 0.05) is 22.1 Å². The summed E-state index contributed by atoms with van der Waals surface area (Å²) in [6.07, 6.45) is 0. The minimum atomic E-state index is -0.478. The lowest BCUT2D eigenvalue weighted by Gasteiger charge is -2.14. The van der Waals surface area contributed by atoms with Crippen molar-refractivity contribution in [2.75, 3.05) is 0 Å². The molecule has 0 saturated carbocycles. The summed E-state index contributed by atoms with van der Waals surface area (Å²) in [6, 6.07) is 41.1. The molecule has 0 aliphatic carbocycles. The lowest BCUT2D eigenvalue weighted by atomic mass is 9.94. The highest BCUT2D eigenvalue weighted by atomic mass is 15.0. The van der Waals surface area contributed by atoms with Crippen LogP contribution in [-0.4, -0.2) is 15.0 Å². The number of hydrogen-bond donors (Lipinski definition) is 0. The largest absolute Gasteiger partial charge is 0.208 e. The fourth-order valence-electron chi connectivity index (χ4n) is 6.30. The minimum Gasteiger partial charge on any atom is -0.208 e. The number of nitrogens with zero attached hydrogens (tertiary/aromatic N) is 3. The Hall–Kier alpha value is -6.45. The molecule has 3 heteroatoms. The highest BCUT2D eigenvalue weighted by Gasteiger charge is 2.17. The van der Waals surface area contributed by atoms with Crippen molar-refractivity contribution in [3.05, 3.63) is 176 Å². The Morgan fingerprint density at radius 2 is 0.958 bits per heavy atom. The van der Waals surface area contributed by atoms with Gasteiger partial charge in [0.25, 0.3) is 0 Å². The summed E-state index contributed by atoms with van der Waals surface area (Å²) in [4.78, 5) is 15.1. The quantitative estimate of drug-likeness (QED) is 0.193. The van der Waals surface area contributed by atoms with Crippen molar-refractivity contribution in [3.8, 4) is 56.4 Å². The predicted octanol–water partition coefficient (Wildman–Crippen LogP) is 11.7. The molecule has 3 nitrogen and oxygen atoms in total. The first kappa shape index (κ1) is 21.4. The Morgan fingerprint density at radius 3 is 1.73 bits per heavy atom. The minimum absolute atomic E-state index is 0.0583. The molecule has 0 fully saturated rings. The molecule has 0 aliphatic heterocycles. The molecule has 48 heavy (non-hydrogen) atoms. The maximum atomic E-state index is 8.81. The van der Waals surface area contributed by atoms with E-state index in [1.165, 1.54) is 0 Å². The average Bonchev–Trinajstić information content (AvgIpc) is 3.23. The molecule has 0 unspecified atom stereocenters. The van der Waals surface area contributed by atoms with Gasteiger partial charge in [0.15, 0.2) is 17.5 Å². The Morgan fingerprint density at radius 1 is 0.354 bits per heavy atom. The van der Waals surface area contributed by atoms with Crippen molar-refractivity contribution >= 4 is 32.3 Å². The molecule has 0 N–H and O–H groups in total. The highest BCUT2D eigenvalue weighted by Crippen LogP contribution is 2.37. The first-order valence-corrected chi connectivity index (χ1v) is 15.6. The van der Waals surface area contributed by atoms with Crippen molar-refractivity contribution in [2.24, 2.45) is 0 Å². The third kappa shape index (κ3) is 4.99. The lowest BCUT2D eigenvalue weighted by Crippen LogP contribution is -2.01. The van der Waals surface area contributed by atoms with Gasteiger partial charge in [0.05, 0.1) is 9.60 Å². The van der Waals surface area contributed by atoms with Crippen LogP contribution in [0.4, 0.5) is 0 Å². The maximum absolute atomic E-state index is 8.81. The van der Waals surface area contributed by atoms with Gasteiger partial charge < -0.3 is 0 Å². The van der Waals surface area contributed by atoms with E-state index in [9.17, 15) is 0 Å². The normalized spacial score (nSPS) is 13.4. The molecule has 0 atom stereocenters. The highest BCUT2D eigenvalue weighted by molar-refractivity contribution is 6.06. The van der Waals surface area contributed by atoms with Crippen LogP contribution in [0.5, 0.6) is 0 Å². The van der Waals surface area contributed by atoms with Crippen LogP contribution in [0.1, 0.15) is 9.60 Å². The van der Waals surface area contributed by atoms with Crippen LogP contribution in [0.25, 0.3) is 88.7 Å². The maximum Gasteiger partial charge on any atom is 0.164 e. The molecule has 0 radical (unpaired) electrons. The molecule has 8 aromatic carbocycles. The second-order valence-corrected chi connectivity index (χ2v) is 11.5. The smallest absolute Gasteiger partial charge is 0.164 e. The third-order valence-electron chi connectivity index (χ3n) is 8.60. The Bertz CT molecular complexity index is 2990. The fraction of sp³-hybridized carbons (Fsp3) is 0. The van der Waals surface area contributed by atoms with Crippen molar-refractivity contribution in [1.82, 2.24) is 15.0 Å². The first-order valence-electron chi connectivity index (χ1n) is 19.1. The van der Waals surface area contributed by atoms with Crippen molar-refractivity contribution in [1.29, 1.82) is 0 Å². The Balaban J connectivity index is 1.22. The zero-order valence-corrected chi connectivity index (χ0v) is 25.5. The van der Waals surface area contributed by atoms with Gasteiger partial charge >= 0.3 is 0 Å². The third-order valence-corrected chi connectivity index (χ3v) is 8.60. The summed E-state index contributed by atoms with van der Waals surface area (Å²) in [7, 11) is 0. The van der Waals surface area contributed by atoms with Gasteiger partial charge in [-0.15, -0.1) is 0 Å². The first-order chi connectivity index (χ1) is 26.7. The molecule has 1 heterocycles. The van der Waals surface area contributed by atoms with Gasteiger partial charge in [-0.3, -0.25) is 0 Å². The van der Waals surface area contributed by atoms with E-state index < -0.39 is 30.2 Å². The van der Waals surface area contributed by atoms with Crippen molar-refractivity contribution in [2.45, 2.75) is 0 Å². The van der Waals surface area contributed by atoms with Gasteiger partial charge in [-0.1, -0.05) is 164 Å². The Kier molecular flexibility index (Phi) is 5.22. The molecule has 0 bridgehead atoms. The summed E-state index contributed by atoms with van der Waals surface area (Å²) in [5.41, 5.74) is 5.36. The van der Waals surface area contributed by atoms with Crippen molar-refractivity contribution in [3.63, 3.8) is 0 Å². The molecule has 0 saturated heterocycles. The molecule has 9 aromatic rings. The molecule has 9 rings (SSSR count). The van der Waals surface area contributed by atoms with E-state index in [2.05, 4.69) is 36.4 Å².